The van der Waals surface area contributed by atoms with Crippen LogP contribution in [0.1, 0.15) is 32.9 Å². The Hall–Kier alpha value is -2.84. The van der Waals surface area contributed by atoms with Gasteiger partial charge in [0.2, 0.25) is 5.91 Å². The summed E-state index contributed by atoms with van der Waals surface area (Å²) in [5, 5.41) is 12.7. The highest BCUT2D eigenvalue weighted by Crippen LogP contribution is 2.22. The Morgan fingerprint density at radius 2 is 2.04 bits per heavy atom. The third-order valence-electron chi connectivity index (χ3n) is 3.67. The van der Waals surface area contributed by atoms with E-state index in [9.17, 15) is 9.59 Å². The van der Waals surface area contributed by atoms with Gasteiger partial charge in [0.1, 0.15) is 17.6 Å². The van der Waals surface area contributed by atoms with Crippen molar-refractivity contribution in [1.82, 2.24) is 14.8 Å². The van der Waals surface area contributed by atoms with E-state index in [4.69, 9.17) is 0 Å². The number of aryl methyl sites for hydroxylation is 1. The normalized spacial score (nSPS) is 19.6. The van der Waals surface area contributed by atoms with Gasteiger partial charge in [-0.25, -0.2) is 0 Å². The van der Waals surface area contributed by atoms with Crippen LogP contribution in [-0.2, 0) is 9.59 Å². The largest absolute Gasteiger partial charge is 0.310 e. The van der Waals surface area contributed by atoms with E-state index < -0.39 is 5.92 Å². The average Bonchev–Trinajstić information content (AvgIpc) is 3.01. The molecule has 25 heavy (non-hydrogen) atoms. The van der Waals surface area contributed by atoms with Gasteiger partial charge in [-0.05, 0) is 12.3 Å². The molecule has 9 nitrogen and oxygen atoms in total. The van der Waals surface area contributed by atoms with E-state index in [0.29, 0.717) is 23.8 Å². The first kappa shape index (κ1) is 17.0. The molecule has 1 atom stereocenters. The predicted octanol–water partition coefficient (Wildman–Crippen LogP) is 1.26. The lowest BCUT2D eigenvalue weighted by atomic mass is 9.92. The van der Waals surface area contributed by atoms with E-state index in [-0.39, 0.29) is 23.2 Å². The number of nitrogens with one attached hydrogen (secondary N) is 1. The Balaban J connectivity index is 1.90. The number of nitrogens with zero attached hydrogens (tertiary/aromatic N) is 6. The van der Waals surface area contributed by atoms with Crippen LogP contribution in [0, 0.1) is 18.3 Å². The van der Waals surface area contributed by atoms with Gasteiger partial charge < -0.3 is 5.32 Å². The summed E-state index contributed by atoms with van der Waals surface area (Å²) in [6.45, 7) is 7.76. The summed E-state index contributed by atoms with van der Waals surface area (Å²) in [7, 11) is 1.71. The van der Waals surface area contributed by atoms with Crippen LogP contribution in [0.5, 0.6) is 0 Å². The SMILES string of the molecule is Cc1cc(NC(=O)CC(C)(C)C)n(C2=NC(=O)C3C=NN(C)C3=N2)n1. The smallest absolute Gasteiger partial charge is 0.265 e. The minimum absolute atomic E-state index is 0.118. The van der Waals surface area contributed by atoms with Crippen molar-refractivity contribution in [2.45, 2.75) is 34.1 Å². The quantitative estimate of drug-likeness (QED) is 0.872. The molecule has 0 spiro atoms. The number of anilines is 1. The maximum atomic E-state index is 12.2. The Kier molecular flexibility index (Phi) is 4.02. The van der Waals surface area contributed by atoms with E-state index in [2.05, 4.69) is 25.5 Å². The fraction of sp³-hybridized carbons (Fsp3) is 0.500. The highest BCUT2D eigenvalue weighted by atomic mass is 16.2. The fourth-order valence-electron chi connectivity index (χ4n) is 2.61. The summed E-state index contributed by atoms with van der Waals surface area (Å²) in [6.07, 6.45) is 1.87. The maximum absolute atomic E-state index is 12.2. The van der Waals surface area contributed by atoms with Gasteiger partial charge in [-0.2, -0.15) is 24.9 Å². The molecular weight excluding hydrogens is 322 g/mol. The molecule has 0 saturated heterocycles. The average molecular weight is 343 g/mol. The first-order valence-corrected chi connectivity index (χ1v) is 8.00. The van der Waals surface area contributed by atoms with E-state index in [1.807, 2.05) is 20.8 Å². The maximum Gasteiger partial charge on any atom is 0.265 e. The van der Waals surface area contributed by atoms with Gasteiger partial charge in [0.05, 0.1) is 5.69 Å². The number of carbonyl (C=O) groups is 2. The second-order valence-electron chi connectivity index (χ2n) is 7.35. The topological polar surface area (TPSA) is 104 Å². The Morgan fingerprint density at radius 3 is 2.72 bits per heavy atom. The van der Waals surface area contributed by atoms with Gasteiger partial charge in [-0.3, -0.25) is 14.6 Å². The van der Waals surface area contributed by atoms with Crippen LogP contribution in [0.25, 0.3) is 0 Å². The van der Waals surface area contributed by atoms with Gasteiger partial charge >= 0.3 is 0 Å². The first-order valence-electron chi connectivity index (χ1n) is 8.00. The van der Waals surface area contributed by atoms with Crippen molar-refractivity contribution in [2.75, 3.05) is 12.4 Å². The molecule has 0 fully saturated rings. The highest BCUT2D eigenvalue weighted by molar-refractivity contribution is 6.24. The third-order valence-corrected chi connectivity index (χ3v) is 3.67. The Morgan fingerprint density at radius 1 is 1.32 bits per heavy atom. The van der Waals surface area contributed by atoms with Gasteiger partial charge in [-0.15, -0.1) is 0 Å². The van der Waals surface area contributed by atoms with E-state index in [1.165, 1.54) is 15.9 Å². The molecule has 3 rings (SSSR count). The summed E-state index contributed by atoms with van der Waals surface area (Å²) in [5.74, 6) is 0.00587. The molecule has 1 aromatic heterocycles. The number of aliphatic imine (C=N–C) groups is 2. The van der Waals surface area contributed by atoms with Crippen molar-refractivity contribution in [2.24, 2.45) is 26.4 Å². The van der Waals surface area contributed by atoms with Crippen molar-refractivity contribution in [1.29, 1.82) is 0 Å². The van der Waals surface area contributed by atoms with Crippen LogP contribution >= 0.6 is 0 Å². The lowest BCUT2D eigenvalue weighted by Gasteiger charge is -2.19. The molecule has 0 bridgehead atoms. The molecular formula is C16H21N7O2. The lowest BCUT2D eigenvalue weighted by Crippen LogP contribution is -2.35. The molecule has 2 aliphatic rings. The minimum Gasteiger partial charge on any atom is -0.310 e. The van der Waals surface area contributed by atoms with Crippen molar-refractivity contribution >= 4 is 35.6 Å². The molecule has 2 aliphatic heterocycles. The number of amides is 2. The van der Waals surface area contributed by atoms with Crippen molar-refractivity contribution < 1.29 is 9.59 Å². The molecule has 1 unspecified atom stereocenters. The van der Waals surface area contributed by atoms with Crippen LogP contribution in [0.4, 0.5) is 5.82 Å². The summed E-state index contributed by atoms with van der Waals surface area (Å²) in [4.78, 5) is 32.9. The number of fused-ring (bicyclic) bond motifs is 1. The van der Waals surface area contributed by atoms with Crippen LogP contribution < -0.4 is 5.32 Å². The minimum atomic E-state index is -0.552. The van der Waals surface area contributed by atoms with Crippen LogP contribution in [0.3, 0.4) is 0 Å². The highest BCUT2D eigenvalue weighted by Gasteiger charge is 2.35. The number of rotatable bonds is 2. The number of amidine groups is 1. The van der Waals surface area contributed by atoms with E-state index >= 15 is 0 Å². The van der Waals surface area contributed by atoms with E-state index in [0.717, 1.165) is 0 Å². The molecule has 1 aromatic rings. The van der Waals surface area contributed by atoms with Gasteiger partial charge in [0.15, 0.2) is 0 Å². The van der Waals surface area contributed by atoms with Crippen LogP contribution in [-0.4, -0.2) is 51.7 Å². The van der Waals surface area contributed by atoms with Crippen molar-refractivity contribution in [3.63, 3.8) is 0 Å². The fourth-order valence-corrected chi connectivity index (χ4v) is 2.61. The number of hydrogen-bond acceptors (Lipinski definition) is 6. The molecule has 9 heteroatoms. The molecule has 2 amide bonds. The summed E-state index contributed by atoms with van der Waals surface area (Å²) >= 11 is 0. The zero-order chi connectivity index (χ0) is 18.4. The molecule has 0 saturated carbocycles. The number of aromatic nitrogens is 2. The number of carbonyl (C=O) groups excluding carboxylic acids is 2. The zero-order valence-corrected chi connectivity index (χ0v) is 14.9. The Labute approximate surface area is 145 Å². The van der Waals surface area contributed by atoms with Crippen LogP contribution in [0.2, 0.25) is 0 Å². The molecule has 132 valence electrons. The predicted molar refractivity (Wildman–Crippen MR) is 94.7 cm³/mol. The Bertz CT molecular complexity index is 826. The first-order chi connectivity index (χ1) is 11.6. The van der Waals surface area contributed by atoms with Crippen LogP contribution in [0.15, 0.2) is 21.2 Å². The summed E-state index contributed by atoms with van der Waals surface area (Å²) in [5.41, 5.74) is 0.541. The van der Waals surface area contributed by atoms with Gasteiger partial charge in [-0.1, -0.05) is 20.8 Å². The lowest BCUT2D eigenvalue weighted by molar-refractivity contribution is -0.118. The second kappa shape index (κ2) is 5.91. The third kappa shape index (κ3) is 3.49. The molecule has 0 aromatic carbocycles. The number of hydrogen-bond donors (Lipinski definition) is 1. The second-order valence-corrected chi connectivity index (χ2v) is 7.35. The van der Waals surface area contributed by atoms with Crippen molar-refractivity contribution in [3.05, 3.63) is 11.8 Å². The monoisotopic (exact) mass is 343 g/mol. The molecule has 0 aliphatic carbocycles. The standard InChI is InChI=1S/C16H21N7O2/c1-9-6-11(18-12(24)7-16(2,3)4)23(21-9)15-19-13-10(14(25)20-15)8-17-22(13)5/h6,8,10H,7H2,1-5H3,(H,18,24). The van der Waals surface area contributed by atoms with Gasteiger partial charge in [0, 0.05) is 25.7 Å². The molecule has 0 radical (unpaired) electrons. The van der Waals surface area contributed by atoms with E-state index in [1.54, 1.807) is 20.0 Å². The summed E-state index contributed by atoms with van der Waals surface area (Å²) in [6, 6.07) is 1.72. The van der Waals surface area contributed by atoms with Gasteiger partial charge in [0.25, 0.3) is 11.9 Å². The summed E-state index contributed by atoms with van der Waals surface area (Å²) < 4.78 is 1.38. The molecule has 1 N–H and O–H groups in total. The molecule has 3 heterocycles. The zero-order valence-electron chi connectivity index (χ0n) is 14.9. The van der Waals surface area contributed by atoms with Crippen molar-refractivity contribution in [3.8, 4) is 0 Å². The number of hydrazone groups is 1.